The van der Waals surface area contributed by atoms with Crippen molar-refractivity contribution in [3.05, 3.63) is 29.3 Å². The second-order valence-corrected chi connectivity index (χ2v) is 4.65. The van der Waals surface area contributed by atoms with Crippen LogP contribution in [-0.2, 0) is 9.53 Å². The molecule has 4 N–H and O–H groups in total. The number of hydrogen-bond donors (Lipinski definition) is 3. The first-order chi connectivity index (χ1) is 9.47. The Balaban J connectivity index is 2.74. The number of nitrogens with two attached hydrogens (primary N) is 1. The zero-order chi connectivity index (χ0) is 15.1. The zero-order valence-electron chi connectivity index (χ0n) is 12.0. The van der Waals surface area contributed by atoms with Crippen molar-refractivity contribution in [2.75, 3.05) is 12.4 Å². The van der Waals surface area contributed by atoms with Gasteiger partial charge in [0.05, 0.1) is 6.10 Å². The van der Waals surface area contributed by atoms with Crippen molar-refractivity contribution in [1.82, 2.24) is 0 Å². The highest BCUT2D eigenvalue weighted by molar-refractivity contribution is 5.99. The Morgan fingerprint density at radius 1 is 1.55 bits per heavy atom. The molecule has 1 aromatic rings. The summed E-state index contributed by atoms with van der Waals surface area (Å²) in [6.07, 6.45) is 1.08. The average molecular weight is 279 g/mol. The van der Waals surface area contributed by atoms with Crippen LogP contribution in [0.4, 0.5) is 5.69 Å². The Labute approximate surface area is 118 Å². The van der Waals surface area contributed by atoms with E-state index in [9.17, 15) is 4.79 Å². The number of amidine groups is 1. The van der Waals surface area contributed by atoms with Gasteiger partial charge in [-0.25, -0.2) is 0 Å². The molecular formula is C14H21N3O3. The van der Waals surface area contributed by atoms with Crippen molar-refractivity contribution in [2.45, 2.75) is 32.8 Å². The third-order valence-electron chi connectivity index (χ3n) is 3.10. The van der Waals surface area contributed by atoms with Gasteiger partial charge < -0.3 is 21.0 Å². The molecule has 0 aliphatic heterocycles. The number of anilines is 1. The number of benzene rings is 1. The smallest absolute Gasteiger partial charge is 0.224 e. The van der Waals surface area contributed by atoms with Crippen LogP contribution in [0.15, 0.2) is 23.4 Å². The number of methoxy groups -OCH3 is 1. The summed E-state index contributed by atoms with van der Waals surface area (Å²) >= 11 is 0. The summed E-state index contributed by atoms with van der Waals surface area (Å²) in [6, 6.07) is 5.22. The maximum atomic E-state index is 11.9. The van der Waals surface area contributed by atoms with Crippen LogP contribution >= 0.6 is 0 Å². The van der Waals surface area contributed by atoms with Gasteiger partial charge in [-0.3, -0.25) is 4.79 Å². The fourth-order valence-electron chi connectivity index (χ4n) is 1.64. The van der Waals surface area contributed by atoms with Gasteiger partial charge in [0.25, 0.3) is 0 Å². The molecule has 1 amide bonds. The van der Waals surface area contributed by atoms with Gasteiger partial charge in [-0.2, -0.15) is 0 Å². The number of amides is 1. The molecule has 6 nitrogen and oxygen atoms in total. The third-order valence-corrected chi connectivity index (χ3v) is 3.10. The van der Waals surface area contributed by atoms with Crippen molar-refractivity contribution in [3.8, 4) is 0 Å². The minimum absolute atomic E-state index is 0.00787. The second-order valence-electron chi connectivity index (χ2n) is 4.65. The molecule has 1 aromatic carbocycles. The van der Waals surface area contributed by atoms with E-state index in [0.717, 1.165) is 5.56 Å². The Morgan fingerprint density at radius 3 is 2.85 bits per heavy atom. The Kier molecular flexibility index (Phi) is 5.99. The van der Waals surface area contributed by atoms with Crippen molar-refractivity contribution >= 4 is 17.4 Å². The van der Waals surface area contributed by atoms with E-state index >= 15 is 0 Å². The lowest BCUT2D eigenvalue weighted by atomic mass is 10.1. The lowest BCUT2D eigenvalue weighted by molar-refractivity contribution is -0.116. The van der Waals surface area contributed by atoms with Gasteiger partial charge in [0.2, 0.25) is 5.91 Å². The Morgan fingerprint density at radius 2 is 2.25 bits per heavy atom. The fraction of sp³-hybridized carbons (Fsp3) is 0.429. The number of hydrogen-bond acceptors (Lipinski definition) is 4. The lowest BCUT2D eigenvalue weighted by Gasteiger charge is -2.12. The molecular weight excluding hydrogens is 258 g/mol. The second kappa shape index (κ2) is 7.49. The molecule has 110 valence electrons. The third kappa shape index (κ3) is 4.55. The van der Waals surface area contributed by atoms with Crippen LogP contribution in [0.1, 0.15) is 30.9 Å². The number of oxime groups is 1. The largest absolute Gasteiger partial charge is 0.409 e. The maximum absolute atomic E-state index is 11.9. The van der Waals surface area contributed by atoms with E-state index in [1.807, 2.05) is 13.8 Å². The molecule has 0 aromatic heterocycles. The van der Waals surface area contributed by atoms with E-state index in [4.69, 9.17) is 15.7 Å². The number of ether oxygens (including phenoxy) is 1. The van der Waals surface area contributed by atoms with Crippen LogP contribution in [0.2, 0.25) is 0 Å². The average Bonchev–Trinajstić information content (AvgIpc) is 2.46. The highest BCUT2D eigenvalue weighted by atomic mass is 16.5. The molecule has 6 heteroatoms. The number of nitrogens with one attached hydrogen (secondary N) is 1. The number of rotatable bonds is 6. The van der Waals surface area contributed by atoms with Crippen LogP contribution in [0.25, 0.3) is 0 Å². The van der Waals surface area contributed by atoms with E-state index < -0.39 is 0 Å². The zero-order valence-corrected chi connectivity index (χ0v) is 12.0. The minimum atomic E-state index is -0.0892. The molecule has 0 bridgehead atoms. The van der Waals surface area contributed by atoms with E-state index in [-0.39, 0.29) is 17.8 Å². The number of carbonyl (C=O) groups is 1. The van der Waals surface area contributed by atoms with E-state index in [0.29, 0.717) is 24.1 Å². The molecule has 0 spiro atoms. The normalized spacial score (nSPS) is 13.1. The molecule has 0 fully saturated rings. The lowest BCUT2D eigenvalue weighted by Crippen LogP contribution is -2.17. The molecule has 0 heterocycles. The molecule has 20 heavy (non-hydrogen) atoms. The summed E-state index contributed by atoms with van der Waals surface area (Å²) in [7, 11) is 1.62. The molecule has 0 saturated carbocycles. The predicted octanol–water partition coefficient (Wildman–Crippen LogP) is 1.84. The minimum Gasteiger partial charge on any atom is -0.409 e. The summed E-state index contributed by atoms with van der Waals surface area (Å²) in [5, 5.41) is 14.4. The Hall–Kier alpha value is -2.08. The van der Waals surface area contributed by atoms with E-state index in [1.54, 1.807) is 25.3 Å². The van der Waals surface area contributed by atoms with Gasteiger partial charge in [-0.15, -0.1) is 0 Å². The molecule has 1 atom stereocenters. The van der Waals surface area contributed by atoms with Crippen molar-refractivity contribution in [2.24, 2.45) is 10.9 Å². The highest BCUT2D eigenvalue weighted by Gasteiger charge is 2.09. The standard InChI is InChI=1S/C14H21N3O3/c1-9-4-6-11(14(15)17-19)8-12(9)16-13(18)7-5-10(2)20-3/h4,6,8,10,19H,5,7H2,1-3H3,(H2,15,17)(H,16,18). The van der Waals surface area contributed by atoms with Gasteiger partial charge in [-0.05, 0) is 31.9 Å². The summed E-state index contributed by atoms with van der Waals surface area (Å²) in [5.74, 6) is -0.0813. The van der Waals surface area contributed by atoms with Crippen molar-refractivity contribution in [3.63, 3.8) is 0 Å². The van der Waals surface area contributed by atoms with Gasteiger partial charge in [0, 0.05) is 24.8 Å². The van der Waals surface area contributed by atoms with Gasteiger partial charge >= 0.3 is 0 Å². The topological polar surface area (TPSA) is 96.9 Å². The first-order valence-corrected chi connectivity index (χ1v) is 6.39. The van der Waals surface area contributed by atoms with Crippen LogP contribution in [0.3, 0.4) is 0 Å². The summed E-state index contributed by atoms with van der Waals surface area (Å²) in [4.78, 5) is 11.9. The van der Waals surface area contributed by atoms with Crippen LogP contribution in [0.5, 0.6) is 0 Å². The van der Waals surface area contributed by atoms with Crippen molar-refractivity contribution in [1.29, 1.82) is 0 Å². The molecule has 1 rings (SSSR count). The van der Waals surface area contributed by atoms with Crippen LogP contribution in [-0.4, -0.2) is 30.2 Å². The Bertz CT molecular complexity index is 500. The quantitative estimate of drug-likeness (QED) is 0.320. The molecule has 1 unspecified atom stereocenters. The maximum Gasteiger partial charge on any atom is 0.224 e. The number of nitrogens with zero attached hydrogens (tertiary/aromatic N) is 1. The number of carbonyl (C=O) groups excluding carboxylic acids is 1. The summed E-state index contributed by atoms with van der Waals surface area (Å²) < 4.78 is 5.10. The van der Waals surface area contributed by atoms with Gasteiger partial charge in [0.15, 0.2) is 5.84 Å². The highest BCUT2D eigenvalue weighted by Crippen LogP contribution is 2.17. The monoisotopic (exact) mass is 279 g/mol. The predicted molar refractivity (Wildman–Crippen MR) is 78.0 cm³/mol. The first-order valence-electron chi connectivity index (χ1n) is 6.39. The number of aryl methyl sites for hydroxylation is 1. The van der Waals surface area contributed by atoms with Gasteiger partial charge in [0.1, 0.15) is 0 Å². The molecule has 0 radical (unpaired) electrons. The first kappa shape index (κ1) is 16.0. The SMILES string of the molecule is COC(C)CCC(=O)Nc1cc(/C(N)=N/O)ccc1C. The van der Waals surface area contributed by atoms with Crippen LogP contribution in [0, 0.1) is 6.92 Å². The van der Waals surface area contributed by atoms with Gasteiger partial charge in [-0.1, -0.05) is 17.3 Å². The summed E-state index contributed by atoms with van der Waals surface area (Å²) in [5.41, 5.74) is 7.65. The molecule has 0 aliphatic rings. The fourth-order valence-corrected chi connectivity index (χ4v) is 1.64. The van der Waals surface area contributed by atoms with Crippen LogP contribution < -0.4 is 11.1 Å². The molecule has 0 aliphatic carbocycles. The van der Waals surface area contributed by atoms with Crippen molar-refractivity contribution < 1.29 is 14.7 Å². The van der Waals surface area contributed by atoms with E-state index in [2.05, 4.69) is 10.5 Å². The molecule has 0 saturated heterocycles. The van der Waals surface area contributed by atoms with E-state index in [1.165, 1.54) is 0 Å². The summed E-state index contributed by atoms with van der Waals surface area (Å²) in [6.45, 7) is 3.79.